The van der Waals surface area contributed by atoms with Crippen LogP contribution in [0.4, 0.5) is 4.39 Å². The molecule has 2 aromatic rings. The van der Waals surface area contributed by atoms with Gasteiger partial charge >= 0.3 is 5.97 Å². The minimum absolute atomic E-state index is 0.0418. The van der Waals surface area contributed by atoms with Crippen molar-refractivity contribution in [1.29, 1.82) is 0 Å². The van der Waals surface area contributed by atoms with E-state index in [2.05, 4.69) is 10.3 Å². The quantitative estimate of drug-likeness (QED) is 0.603. The number of amides is 2. The van der Waals surface area contributed by atoms with Crippen molar-refractivity contribution in [3.63, 3.8) is 0 Å². The first-order valence-corrected chi connectivity index (χ1v) is 12.3. The molecule has 1 saturated carbocycles. The summed E-state index contributed by atoms with van der Waals surface area (Å²) >= 11 is 2.33. The van der Waals surface area contributed by atoms with E-state index in [1.54, 1.807) is 17.6 Å². The Hall–Kier alpha value is -2.20. The van der Waals surface area contributed by atoms with Crippen LogP contribution < -0.4 is 10.1 Å². The molecule has 0 unspecified atom stereocenters. The zero-order valence-electron chi connectivity index (χ0n) is 17.4. The Balaban J connectivity index is 1.65. The van der Waals surface area contributed by atoms with Gasteiger partial charge < -0.3 is 14.6 Å². The third-order valence-electron chi connectivity index (χ3n) is 4.89. The van der Waals surface area contributed by atoms with Crippen LogP contribution in [0.2, 0.25) is 0 Å². The Morgan fingerprint density at radius 1 is 1.26 bits per heavy atom. The summed E-state index contributed by atoms with van der Waals surface area (Å²) in [5.41, 5.74) is 0.602. The summed E-state index contributed by atoms with van der Waals surface area (Å²) in [6, 6.07) is 4.43. The van der Waals surface area contributed by atoms with Gasteiger partial charge in [0.05, 0.1) is 28.3 Å². The molecule has 0 spiro atoms. The minimum Gasteiger partial charge on any atom is -0.465 e. The fraction of sp³-hybridized carbons (Fsp3) is 0.524. The molecule has 0 atom stereocenters. The summed E-state index contributed by atoms with van der Waals surface area (Å²) < 4.78 is 20.7. The number of thioether (sulfide) groups is 1. The highest BCUT2D eigenvalue weighted by atomic mass is 32.2. The Kier molecular flexibility index (Phi) is 8.65. The lowest BCUT2D eigenvalue weighted by Crippen LogP contribution is -2.37. The predicted octanol–water partition coefficient (Wildman–Crippen LogP) is 3.01. The molecule has 1 N–H and O–H groups in total. The summed E-state index contributed by atoms with van der Waals surface area (Å²) in [6.45, 7) is 1.82. The first kappa shape index (κ1) is 23.5. The summed E-state index contributed by atoms with van der Waals surface area (Å²) in [4.78, 5) is 40.8. The number of nitrogens with one attached hydrogen (secondary N) is 1. The van der Waals surface area contributed by atoms with E-state index in [0.717, 1.165) is 37.0 Å². The summed E-state index contributed by atoms with van der Waals surface area (Å²) in [6.07, 6.45) is 5.52. The lowest BCUT2D eigenvalue weighted by molar-refractivity contribution is -0.143. The van der Waals surface area contributed by atoms with Gasteiger partial charge in [-0.2, -0.15) is 4.99 Å². The van der Waals surface area contributed by atoms with Crippen LogP contribution in [-0.2, 0) is 25.7 Å². The second-order valence-corrected chi connectivity index (χ2v) is 9.28. The van der Waals surface area contributed by atoms with Crippen LogP contribution in [0.15, 0.2) is 23.2 Å². The molecule has 7 nitrogen and oxygen atoms in total. The number of carbonyl (C=O) groups is 3. The lowest BCUT2D eigenvalue weighted by Gasteiger charge is -2.22. The molecular weight excluding hydrogens is 441 g/mol. The van der Waals surface area contributed by atoms with Gasteiger partial charge in [0.1, 0.15) is 12.4 Å². The third kappa shape index (κ3) is 6.90. The van der Waals surface area contributed by atoms with Gasteiger partial charge in [-0.25, -0.2) is 4.39 Å². The van der Waals surface area contributed by atoms with E-state index in [1.807, 2.05) is 0 Å². The van der Waals surface area contributed by atoms with Gasteiger partial charge in [0.2, 0.25) is 5.91 Å². The van der Waals surface area contributed by atoms with Gasteiger partial charge in [0, 0.05) is 6.04 Å². The second kappa shape index (κ2) is 11.4. The lowest BCUT2D eigenvalue weighted by atomic mass is 9.95. The van der Waals surface area contributed by atoms with Gasteiger partial charge in [-0.15, -0.1) is 11.8 Å². The van der Waals surface area contributed by atoms with Crippen LogP contribution in [-0.4, -0.2) is 46.5 Å². The van der Waals surface area contributed by atoms with Crippen molar-refractivity contribution in [2.75, 3.05) is 18.1 Å². The number of fused-ring (bicyclic) bond motifs is 1. The molecule has 1 aliphatic carbocycles. The SMILES string of the molecule is CCOC(=O)Cn1c(=NC(=O)CSCC(=O)NC2CCCCC2)sc2cc(F)ccc21. The van der Waals surface area contributed by atoms with Crippen LogP contribution >= 0.6 is 23.1 Å². The van der Waals surface area contributed by atoms with E-state index in [9.17, 15) is 18.8 Å². The van der Waals surface area contributed by atoms with Crippen molar-refractivity contribution < 1.29 is 23.5 Å². The van der Waals surface area contributed by atoms with Crippen molar-refractivity contribution in [2.24, 2.45) is 4.99 Å². The van der Waals surface area contributed by atoms with Crippen LogP contribution in [0.3, 0.4) is 0 Å². The number of halogens is 1. The van der Waals surface area contributed by atoms with Gasteiger partial charge in [0.25, 0.3) is 5.91 Å². The first-order valence-electron chi connectivity index (χ1n) is 10.4. The first-order chi connectivity index (χ1) is 15.0. The fourth-order valence-electron chi connectivity index (χ4n) is 3.51. The predicted molar refractivity (Wildman–Crippen MR) is 119 cm³/mol. The standard InChI is InChI=1S/C21H26FN3O4S2/c1-2-29-20(28)11-25-16-9-8-14(22)10-17(16)31-21(25)24-19(27)13-30-12-18(26)23-15-6-4-3-5-7-15/h8-10,15H,2-7,11-13H2,1H3,(H,23,26). The molecule has 10 heteroatoms. The third-order valence-corrected chi connectivity index (χ3v) is 6.85. The fourth-order valence-corrected chi connectivity index (χ4v) is 5.19. The summed E-state index contributed by atoms with van der Waals surface area (Å²) in [5.74, 6) is -1.12. The highest BCUT2D eigenvalue weighted by molar-refractivity contribution is 8.00. The maximum atomic E-state index is 13.6. The Bertz CT molecular complexity index is 1010. The molecule has 1 aromatic heterocycles. The van der Waals surface area contributed by atoms with Crippen LogP contribution in [0.25, 0.3) is 10.2 Å². The largest absolute Gasteiger partial charge is 0.465 e. The van der Waals surface area contributed by atoms with Crippen molar-refractivity contribution >= 4 is 51.1 Å². The van der Waals surface area contributed by atoms with Crippen molar-refractivity contribution in [3.05, 3.63) is 28.8 Å². The number of rotatable bonds is 8. The van der Waals surface area contributed by atoms with Crippen LogP contribution in [0.5, 0.6) is 0 Å². The molecule has 2 amide bonds. The minimum atomic E-state index is -0.464. The van der Waals surface area contributed by atoms with Crippen LogP contribution in [0, 0.1) is 5.82 Å². The number of carbonyl (C=O) groups excluding carboxylic acids is 3. The second-order valence-electron chi connectivity index (χ2n) is 7.29. The molecule has 1 heterocycles. The van der Waals surface area contributed by atoms with E-state index in [-0.39, 0.29) is 36.6 Å². The molecule has 1 aliphatic rings. The highest BCUT2D eigenvalue weighted by Gasteiger charge is 2.16. The topological polar surface area (TPSA) is 89.8 Å². The normalized spacial score (nSPS) is 15.2. The average molecular weight is 468 g/mol. The summed E-state index contributed by atoms with van der Waals surface area (Å²) in [7, 11) is 0. The number of hydrogen-bond donors (Lipinski definition) is 1. The Morgan fingerprint density at radius 2 is 2.03 bits per heavy atom. The zero-order chi connectivity index (χ0) is 22.2. The Labute approximate surface area is 188 Å². The van der Waals surface area contributed by atoms with E-state index < -0.39 is 17.7 Å². The van der Waals surface area contributed by atoms with E-state index >= 15 is 0 Å². The van der Waals surface area contributed by atoms with Gasteiger partial charge in [-0.1, -0.05) is 30.6 Å². The number of benzene rings is 1. The molecule has 0 radical (unpaired) electrons. The van der Waals surface area contributed by atoms with E-state index in [4.69, 9.17) is 4.74 Å². The molecule has 168 valence electrons. The zero-order valence-corrected chi connectivity index (χ0v) is 19.0. The Morgan fingerprint density at radius 3 is 2.77 bits per heavy atom. The number of hydrogen-bond acceptors (Lipinski definition) is 6. The van der Waals surface area contributed by atoms with Gasteiger partial charge in [-0.05, 0) is 38.0 Å². The highest BCUT2D eigenvalue weighted by Crippen LogP contribution is 2.19. The summed E-state index contributed by atoms with van der Waals surface area (Å²) in [5, 5.41) is 3.02. The van der Waals surface area contributed by atoms with E-state index in [0.29, 0.717) is 15.0 Å². The molecule has 1 aromatic carbocycles. The smallest absolute Gasteiger partial charge is 0.326 e. The van der Waals surface area contributed by atoms with Crippen LogP contribution in [0.1, 0.15) is 39.0 Å². The molecule has 0 saturated heterocycles. The number of ether oxygens (including phenoxy) is 1. The molecule has 31 heavy (non-hydrogen) atoms. The monoisotopic (exact) mass is 467 g/mol. The van der Waals surface area contributed by atoms with Gasteiger partial charge in [-0.3, -0.25) is 14.4 Å². The maximum absolute atomic E-state index is 13.6. The number of thiazole rings is 1. The molecule has 3 rings (SSSR count). The van der Waals surface area contributed by atoms with Gasteiger partial charge in [0.15, 0.2) is 4.80 Å². The number of aromatic nitrogens is 1. The molecule has 0 bridgehead atoms. The number of nitrogens with zero attached hydrogens (tertiary/aromatic N) is 2. The van der Waals surface area contributed by atoms with Crippen molar-refractivity contribution in [1.82, 2.24) is 9.88 Å². The van der Waals surface area contributed by atoms with E-state index in [1.165, 1.54) is 30.3 Å². The van der Waals surface area contributed by atoms with Crippen molar-refractivity contribution in [2.45, 2.75) is 51.6 Å². The molecule has 1 fully saturated rings. The molecular formula is C21H26FN3O4S2. The maximum Gasteiger partial charge on any atom is 0.326 e. The number of esters is 1. The average Bonchev–Trinajstić information content (AvgIpc) is 3.04. The molecule has 0 aliphatic heterocycles. The van der Waals surface area contributed by atoms with Crippen molar-refractivity contribution in [3.8, 4) is 0 Å².